The molecule has 0 unspecified atom stereocenters. The lowest BCUT2D eigenvalue weighted by Crippen LogP contribution is -2.51. The molecule has 1 rings (SSSR count). The van der Waals surface area contributed by atoms with E-state index >= 15 is 0 Å². The van der Waals surface area contributed by atoms with Crippen molar-refractivity contribution in [3.8, 4) is 17.2 Å². The predicted molar refractivity (Wildman–Crippen MR) is 84.3 cm³/mol. The van der Waals surface area contributed by atoms with Gasteiger partial charge >= 0.3 is 12.0 Å². The molecule has 0 atom stereocenters. The summed E-state index contributed by atoms with van der Waals surface area (Å²) in [6.45, 7) is 3.07. The minimum Gasteiger partial charge on any atom is -0.493 e. The third-order valence-corrected chi connectivity index (χ3v) is 3.04. The molecule has 0 aliphatic rings. The molecular formula is C15H22N2O6. The number of carbonyl (C=O) groups excluding carboxylic acids is 2. The first-order valence-electron chi connectivity index (χ1n) is 6.76. The Labute approximate surface area is 135 Å². The van der Waals surface area contributed by atoms with Gasteiger partial charge in [0.2, 0.25) is 5.75 Å². The zero-order chi connectivity index (χ0) is 17.6. The lowest BCUT2D eigenvalue weighted by molar-refractivity contribution is -0.146. The van der Waals surface area contributed by atoms with Gasteiger partial charge in [0.05, 0.1) is 34.1 Å². The van der Waals surface area contributed by atoms with Gasteiger partial charge in [-0.05, 0) is 13.8 Å². The van der Waals surface area contributed by atoms with Crippen molar-refractivity contribution in [1.29, 1.82) is 0 Å². The summed E-state index contributed by atoms with van der Waals surface area (Å²) < 4.78 is 20.3. The molecule has 0 fully saturated rings. The van der Waals surface area contributed by atoms with Gasteiger partial charge in [0.1, 0.15) is 5.54 Å². The maximum atomic E-state index is 12.1. The normalized spacial score (nSPS) is 10.5. The van der Waals surface area contributed by atoms with E-state index in [1.165, 1.54) is 42.3 Å². The van der Waals surface area contributed by atoms with Gasteiger partial charge in [-0.3, -0.25) is 0 Å². The number of hydrogen-bond donors (Lipinski definition) is 2. The monoisotopic (exact) mass is 326 g/mol. The minimum atomic E-state index is -1.17. The summed E-state index contributed by atoms with van der Waals surface area (Å²) in [6, 6.07) is 2.58. The molecule has 1 aromatic carbocycles. The number of nitrogens with one attached hydrogen (secondary N) is 2. The van der Waals surface area contributed by atoms with E-state index in [9.17, 15) is 9.59 Å². The number of ether oxygens (including phenoxy) is 4. The molecule has 0 bridgehead atoms. The first-order chi connectivity index (χ1) is 10.8. The highest BCUT2D eigenvalue weighted by Crippen LogP contribution is 2.39. The van der Waals surface area contributed by atoms with Gasteiger partial charge in [-0.25, -0.2) is 9.59 Å². The molecule has 8 heteroatoms. The number of hydrogen-bond acceptors (Lipinski definition) is 6. The Morgan fingerprint density at radius 2 is 1.48 bits per heavy atom. The average molecular weight is 326 g/mol. The highest BCUT2D eigenvalue weighted by molar-refractivity contribution is 5.94. The van der Waals surface area contributed by atoms with E-state index in [0.717, 1.165) is 0 Å². The molecule has 0 radical (unpaired) electrons. The molecule has 0 aliphatic heterocycles. The summed E-state index contributed by atoms with van der Waals surface area (Å²) in [7, 11) is 5.69. The number of benzene rings is 1. The van der Waals surface area contributed by atoms with E-state index in [-0.39, 0.29) is 0 Å². The Kier molecular flexibility index (Phi) is 6.06. The SMILES string of the molecule is COC(=O)C(C)(C)NC(=O)Nc1cc(OC)c(OC)c(OC)c1. The van der Waals surface area contributed by atoms with Gasteiger partial charge < -0.3 is 29.6 Å². The van der Waals surface area contributed by atoms with E-state index in [2.05, 4.69) is 15.4 Å². The van der Waals surface area contributed by atoms with E-state index in [1.54, 1.807) is 12.1 Å². The topological polar surface area (TPSA) is 95.1 Å². The second-order valence-electron chi connectivity index (χ2n) is 5.11. The van der Waals surface area contributed by atoms with Crippen molar-refractivity contribution in [1.82, 2.24) is 5.32 Å². The quantitative estimate of drug-likeness (QED) is 0.774. The molecule has 0 spiro atoms. The molecule has 0 saturated carbocycles. The molecule has 1 aromatic rings. The molecule has 0 saturated heterocycles. The minimum absolute atomic E-state index is 0.398. The summed E-state index contributed by atoms with van der Waals surface area (Å²) in [4.78, 5) is 23.6. The van der Waals surface area contributed by atoms with Crippen LogP contribution >= 0.6 is 0 Å². The van der Waals surface area contributed by atoms with Crippen LogP contribution < -0.4 is 24.8 Å². The van der Waals surface area contributed by atoms with Gasteiger partial charge in [-0.2, -0.15) is 0 Å². The van der Waals surface area contributed by atoms with Crippen LogP contribution in [0.5, 0.6) is 17.2 Å². The molecule has 2 N–H and O–H groups in total. The fourth-order valence-corrected chi connectivity index (χ4v) is 1.91. The second-order valence-corrected chi connectivity index (χ2v) is 5.11. The lowest BCUT2D eigenvalue weighted by Gasteiger charge is -2.23. The summed E-state index contributed by atoms with van der Waals surface area (Å²) >= 11 is 0. The van der Waals surface area contributed by atoms with Crippen LogP contribution in [0.25, 0.3) is 0 Å². The van der Waals surface area contributed by atoms with Crippen molar-refractivity contribution in [2.45, 2.75) is 19.4 Å². The van der Waals surface area contributed by atoms with Gasteiger partial charge in [0, 0.05) is 12.1 Å². The Morgan fingerprint density at radius 3 is 1.87 bits per heavy atom. The zero-order valence-corrected chi connectivity index (χ0v) is 14.1. The van der Waals surface area contributed by atoms with Crippen LogP contribution in [0.2, 0.25) is 0 Å². The van der Waals surface area contributed by atoms with Crippen molar-refractivity contribution in [3.63, 3.8) is 0 Å². The van der Waals surface area contributed by atoms with E-state index < -0.39 is 17.5 Å². The summed E-state index contributed by atoms with van der Waals surface area (Å²) in [5.74, 6) is 0.650. The summed E-state index contributed by atoms with van der Waals surface area (Å²) in [5.41, 5.74) is -0.753. The fourth-order valence-electron chi connectivity index (χ4n) is 1.91. The number of methoxy groups -OCH3 is 4. The Morgan fingerprint density at radius 1 is 0.957 bits per heavy atom. The molecular weight excluding hydrogens is 304 g/mol. The zero-order valence-electron chi connectivity index (χ0n) is 14.1. The lowest BCUT2D eigenvalue weighted by atomic mass is 10.1. The van der Waals surface area contributed by atoms with Crippen molar-refractivity contribution < 1.29 is 28.5 Å². The van der Waals surface area contributed by atoms with Gasteiger partial charge in [-0.15, -0.1) is 0 Å². The van der Waals surface area contributed by atoms with Crippen molar-refractivity contribution in [2.75, 3.05) is 33.8 Å². The largest absolute Gasteiger partial charge is 0.493 e. The molecule has 23 heavy (non-hydrogen) atoms. The number of anilines is 1. The number of urea groups is 1. The Hall–Kier alpha value is -2.64. The fraction of sp³-hybridized carbons (Fsp3) is 0.467. The van der Waals surface area contributed by atoms with Crippen LogP contribution in [0.3, 0.4) is 0 Å². The summed E-state index contributed by atoms with van der Waals surface area (Å²) in [6.07, 6.45) is 0. The third kappa shape index (κ3) is 4.41. The van der Waals surface area contributed by atoms with Crippen molar-refractivity contribution >= 4 is 17.7 Å². The molecule has 0 heterocycles. The van der Waals surface area contributed by atoms with Gasteiger partial charge in [0.25, 0.3) is 0 Å². The van der Waals surface area contributed by atoms with Gasteiger partial charge in [0.15, 0.2) is 11.5 Å². The number of rotatable bonds is 6. The maximum Gasteiger partial charge on any atom is 0.331 e. The molecule has 8 nitrogen and oxygen atoms in total. The van der Waals surface area contributed by atoms with E-state index in [1.807, 2.05) is 0 Å². The molecule has 0 aromatic heterocycles. The molecule has 128 valence electrons. The van der Waals surface area contributed by atoms with Crippen molar-refractivity contribution in [2.24, 2.45) is 0 Å². The highest BCUT2D eigenvalue weighted by atomic mass is 16.5. The smallest absolute Gasteiger partial charge is 0.331 e. The van der Waals surface area contributed by atoms with Crippen LogP contribution in [0.4, 0.5) is 10.5 Å². The van der Waals surface area contributed by atoms with Crippen molar-refractivity contribution in [3.05, 3.63) is 12.1 Å². The Bertz CT molecular complexity index is 560. The standard InChI is InChI=1S/C15H22N2O6/c1-15(2,13(18)23-6)17-14(19)16-9-7-10(20-3)12(22-5)11(8-9)21-4/h7-8H,1-6H3,(H2,16,17,19). The predicted octanol–water partition coefficient (Wildman–Crippen LogP) is 1.79. The molecule has 0 aliphatic carbocycles. The first kappa shape index (κ1) is 18.4. The van der Waals surface area contributed by atoms with Crippen LogP contribution in [0.1, 0.15) is 13.8 Å². The van der Waals surface area contributed by atoms with E-state index in [0.29, 0.717) is 22.9 Å². The van der Waals surface area contributed by atoms with Crippen LogP contribution in [-0.4, -0.2) is 46.0 Å². The maximum absolute atomic E-state index is 12.1. The van der Waals surface area contributed by atoms with Crippen LogP contribution in [0, 0.1) is 0 Å². The summed E-state index contributed by atoms with van der Waals surface area (Å²) in [5, 5.41) is 5.13. The highest BCUT2D eigenvalue weighted by Gasteiger charge is 2.30. The number of carbonyl (C=O) groups is 2. The third-order valence-electron chi connectivity index (χ3n) is 3.04. The first-order valence-corrected chi connectivity index (χ1v) is 6.76. The molecule has 2 amide bonds. The Balaban J connectivity index is 2.96. The van der Waals surface area contributed by atoms with Crippen LogP contribution in [-0.2, 0) is 9.53 Å². The van der Waals surface area contributed by atoms with E-state index in [4.69, 9.17) is 14.2 Å². The second kappa shape index (κ2) is 7.57. The van der Waals surface area contributed by atoms with Gasteiger partial charge in [-0.1, -0.05) is 0 Å². The van der Waals surface area contributed by atoms with Crippen LogP contribution in [0.15, 0.2) is 12.1 Å². The number of amides is 2. The number of esters is 1. The average Bonchev–Trinajstić information content (AvgIpc) is 2.52.